The molecule has 1 heterocycles. The molecule has 0 spiro atoms. The summed E-state index contributed by atoms with van der Waals surface area (Å²) in [6.45, 7) is 4.63. The average Bonchev–Trinajstić information content (AvgIpc) is 2.69. The molecule has 1 N–H and O–H groups in total. The van der Waals surface area contributed by atoms with Crippen LogP contribution < -0.4 is 0 Å². The largest absolute Gasteiger partial charge is 0.392 e. The Morgan fingerprint density at radius 2 is 2.31 bits per heavy atom. The van der Waals surface area contributed by atoms with E-state index in [0.29, 0.717) is 11.3 Å². The van der Waals surface area contributed by atoms with E-state index in [9.17, 15) is 5.11 Å². The van der Waals surface area contributed by atoms with Gasteiger partial charge in [0.15, 0.2) is 0 Å². The number of aliphatic hydroxyl groups excluding tert-OH is 1. The Hall–Kier alpha value is -0.340. The van der Waals surface area contributed by atoms with Crippen molar-refractivity contribution in [2.45, 2.75) is 52.1 Å². The van der Waals surface area contributed by atoms with Crippen molar-refractivity contribution in [1.82, 2.24) is 0 Å². The number of rotatable bonds is 3. The predicted molar refractivity (Wildman–Crippen MR) is 69.8 cm³/mol. The molecule has 1 saturated carbocycles. The first kappa shape index (κ1) is 12.1. The molecule has 16 heavy (non-hydrogen) atoms. The van der Waals surface area contributed by atoms with Gasteiger partial charge in [0.25, 0.3) is 0 Å². The van der Waals surface area contributed by atoms with Gasteiger partial charge in [-0.25, -0.2) is 0 Å². The highest BCUT2D eigenvalue weighted by molar-refractivity contribution is 7.07. The maximum atomic E-state index is 10.4. The Morgan fingerprint density at radius 1 is 1.50 bits per heavy atom. The third-order valence-corrected chi connectivity index (χ3v) is 4.81. The summed E-state index contributed by atoms with van der Waals surface area (Å²) in [6, 6.07) is 2.13. The summed E-state index contributed by atoms with van der Waals surface area (Å²) >= 11 is 1.72. The van der Waals surface area contributed by atoms with E-state index in [2.05, 4.69) is 30.7 Å². The maximum Gasteiger partial charge on any atom is 0.0614 e. The Kier molecular flexibility index (Phi) is 3.70. The maximum absolute atomic E-state index is 10.4. The van der Waals surface area contributed by atoms with Crippen LogP contribution in [-0.2, 0) is 6.42 Å². The molecule has 2 atom stereocenters. The summed E-state index contributed by atoms with van der Waals surface area (Å²) in [7, 11) is 0. The van der Waals surface area contributed by atoms with Crippen molar-refractivity contribution >= 4 is 11.3 Å². The molecular formula is C14H22OS. The molecular weight excluding hydrogens is 216 g/mol. The Morgan fingerprint density at radius 3 is 2.94 bits per heavy atom. The van der Waals surface area contributed by atoms with Crippen LogP contribution in [0.3, 0.4) is 0 Å². The molecule has 1 fully saturated rings. The molecule has 0 saturated heterocycles. The van der Waals surface area contributed by atoms with E-state index < -0.39 is 0 Å². The van der Waals surface area contributed by atoms with Crippen molar-refractivity contribution in [3.63, 3.8) is 0 Å². The zero-order chi connectivity index (χ0) is 11.6. The third-order valence-electron chi connectivity index (χ3n) is 4.08. The van der Waals surface area contributed by atoms with Crippen LogP contribution >= 0.6 is 11.3 Å². The van der Waals surface area contributed by atoms with E-state index in [1.165, 1.54) is 31.2 Å². The smallest absolute Gasteiger partial charge is 0.0614 e. The molecule has 0 aromatic carbocycles. The molecule has 1 aromatic heterocycles. The van der Waals surface area contributed by atoms with Crippen molar-refractivity contribution in [1.29, 1.82) is 0 Å². The summed E-state index contributed by atoms with van der Waals surface area (Å²) in [5.41, 5.74) is 1.60. The molecule has 1 aliphatic rings. The molecule has 2 unspecified atom stereocenters. The molecule has 0 bridgehead atoms. The van der Waals surface area contributed by atoms with Crippen molar-refractivity contribution in [3.05, 3.63) is 22.4 Å². The van der Waals surface area contributed by atoms with Crippen LogP contribution in [0.4, 0.5) is 0 Å². The number of aliphatic hydroxyl groups is 1. The number of thiophene rings is 1. The molecule has 1 aromatic rings. The lowest BCUT2D eigenvalue weighted by Gasteiger charge is -2.41. The minimum Gasteiger partial charge on any atom is -0.392 e. The highest BCUT2D eigenvalue weighted by Gasteiger charge is 2.36. The zero-order valence-corrected chi connectivity index (χ0v) is 11.1. The average molecular weight is 238 g/mol. The van der Waals surface area contributed by atoms with Crippen LogP contribution in [0, 0.1) is 11.3 Å². The second-order valence-corrected chi connectivity index (χ2v) is 6.52. The molecule has 90 valence electrons. The van der Waals surface area contributed by atoms with Gasteiger partial charge in [0.2, 0.25) is 0 Å². The molecule has 1 aliphatic carbocycles. The Labute approximate surface area is 103 Å². The fourth-order valence-corrected chi connectivity index (χ4v) is 3.71. The van der Waals surface area contributed by atoms with Crippen LogP contribution in [0.25, 0.3) is 0 Å². The van der Waals surface area contributed by atoms with Gasteiger partial charge in [-0.05, 0) is 53.0 Å². The summed E-state index contributed by atoms with van der Waals surface area (Å²) in [5, 5.41) is 14.6. The van der Waals surface area contributed by atoms with E-state index in [4.69, 9.17) is 0 Å². The topological polar surface area (TPSA) is 20.2 Å². The quantitative estimate of drug-likeness (QED) is 0.847. The van der Waals surface area contributed by atoms with Crippen LogP contribution in [0.15, 0.2) is 16.8 Å². The molecule has 0 amide bonds. The second-order valence-electron chi connectivity index (χ2n) is 5.74. The highest BCUT2D eigenvalue weighted by Crippen LogP contribution is 2.42. The normalized spacial score (nSPS) is 26.6. The second kappa shape index (κ2) is 4.89. The lowest BCUT2D eigenvalue weighted by Crippen LogP contribution is -2.37. The number of hydrogen-bond donors (Lipinski definition) is 1. The summed E-state index contributed by atoms with van der Waals surface area (Å²) in [5.74, 6) is 0.473. The lowest BCUT2D eigenvalue weighted by molar-refractivity contribution is 0.00586. The van der Waals surface area contributed by atoms with Gasteiger partial charge in [-0.1, -0.05) is 26.7 Å². The first-order valence-electron chi connectivity index (χ1n) is 6.29. The van der Waals surface area contributed by atoms with Crippen LogP contribution in [0.5, 0.6) is 0 Å². The Balaban J connectivity index is 2.00. The molecule has 2 heteroatoms. The van der Waals surface area contributed by atoms with Gasteiger partial charge in [-0.3, -0.25) is 0 Å². The standard InChI is InChI=1S/C14H22OS/c1-14(2)7-4-3-5-12(14)13(15)9-11-6-8-16-10-11/h6,8,10,12-13,15H,3-5,7,9H2,1-2H3. The van der Waals surface area contributed by atoms with E-state index in [0.717, 1.165) is 6.42 Å². The lowest BCUT2D eigenvalue weighted by atomic mass is 9.66. The van der Waals surface area contributed by atoms with Gasteiger partial charge in [0.1, 0.15) is 0 Å². The third kappa shape index (κ3) is 2.67. The summed E-state index contributed by atoms with van der Waals surface area (Å²) < 4.78 is 0. The van der Waals surface area contributed by atoms with Crippen LogP contribution in [0.2, 0.25) is 0 Å². The predicted octanol–water partition coefficient (Wildman–Crippen LogP) is 3.87. The molecule has 1 nitrogen and oxygen atoms in total. The molecule has 0 aliphatic heterocycles. The number of hydrogen-bond acceptors (Lipinski definition) is 2. The Bertz CT molecular complexity index is 315. The van der Waals surface area contributed by atoms with Gasteiger partial charge in [0, 0.05) is 0 Å². The molecule has 0 radical (unpaired) electrons. The van der Waals surface area contributed by atoms with Gasteiger partial charge in [0.05, 0.1) is 6.10 Å². The van der Waals surface area contributed by atoms with Gasteiger partial charge >= 0.3 is 0 Å². The van der Waals surface area contributed by atoms with E-state index in [-0.39, 0.29) is 6.10 Å². The van der Waals surface area contributed by atoms with E-state index in [1.54, 1.807) is 11.3 Å². The van der Waals surface area contributed by atoms with Crippen LogP contribution in [0.1, 0.15) is 45.1 Å². The van der Waals surface area contributed by atoms with Gasteiger partial charge < -0.3 is 5.11 Å². The fourth-order valence-electron chi connectivity index (χ4n) is 3.03. The molecule has 2 rings (SSSR count). The highest BCUT2D eigenvalue weighted by atomic mass is 32.1. The fraction of sp³-hybridized carbons (Fsp3) is 0.714. The SMILES string of the molecule is CC1(C)CCCCC1C(O)Cc1ccsc1. The van der Waals surface area contributed by atoms with Gasteiger partial charge in [-0.15, -0.1) is 0 Å². The minimum atomic E-state index is -0.162. The first-order chi connectivity index (χ1) is 7.59. The van der Waals surface area contributed by atoms with Gasteiger partial charge in [-0.2, -0.15) is 11.3 Å². The summed E-state index contributed by atoms with van der Waals surface area (Å²) in [6.07, 6.45) is 5.74. The monoisotopic (exact) mass is 238 g/mol. The van der Waals surface area contributed by atoms with E-state index >= 15 is 0 Å². The summed E-state index contributed by atoms with van der Waals surface area (Å²) in [4.78, 5) is 0. The van der Waals surface area contributed by atoms with Crippen molar-refractivity contribution in [3.8, 4) is 0 Å². The first-order valence-corrected chi connectivity index (χ1v) is 7.23. The van der Waals surface area contributed by atoms with Crippen LogP contribution in [-0.4, -0.2) is 11.2 Å². The van der Waals surface area contributed by atoms with E-state index in [1.807, 2.05) is 0 Å². The van der Waals surface area contributed by atoms with Crippen molar-refractivity contribution < 1.29 is 5.11 Å². The zero-order valence-electron chi connectivity index (χ0n) is 10.3. The minimum absolute atomic E-state index is 0.162. The van der Waals surface area contributed by atoms with Crippen molar-refractivity contribution in [2.24, 2.45) is 11.3 Å². The van der Waals surface area contributed by atoms with Crippen molar-refractivity contribution in [2.75, 3.05) is 0 Å².